The zero-order valence-corrected chi connectivity index (χ0v) is 26.3. The Balaban J connectivity index is 1.33. The van der Waals surface area contributed by atoms with Gasteiger partial charge in [0.15, 0.2) is 6.10 Å². The summed E-state index contributed by atoms with van der Waals surface area (Å²) in [6.45, 7) is 3.57. The van der Waals surface area contributed by atoms with Crippen molar-refractivity contribution in [1.29, 1.82) is 0 Å². The van der Waals surface area contributed by atoms with Gasteiger partial charge in [0.05, 0.1) is 6.04 Å². The van der Waals surface area contributed by atoms with Crippen LogP contribution in [-0.2, 0) is 41.6 Å². The molecule has 1 aliphatic rings. The van der Waals surface area contributed by atoms with Crippen molar-refractivity contribution >= 4 is 5.97 Å². The maximum atomic E-state index is 11.3. The van der Waals surface area contributed by atoms with Gasteiger partial charge in [0.25, 0.3) is 0 Å². The van der Waals surface area contributed by atoms with E-state index in [-0.39, 0.29) is 6.04 Å². The second-order valence-corrected chi connectivity index (χ2v) is 12.0. The molecule has 0 saturated heterocycles. The minimum absolute atomic E-state index is 0.154. The summed E-state index contributed by atoms with van der Waals surface area (Å²) < 4.78 is 11.2. The monoisotopic (exact) mass is 591 g/mol. The number of hydrogen-bond donors (Lipinski definition) is 1. The van der Waals surface area contributed by atoms with E-state index in [1.165, 1.54) is 58.9 Å². The average molecular weight is 592 g/mol. The molecule has 1 aliphatic carbocycles. The van der Waals surface area contributed by atoms with Crippen LogP contribution in [0.5, 0.6) is 5.75 Å². The van der Waals surface area contributed by atoms with Gasteiger partial charge in [-0.1, -0.05) is 92.2 Å². The molecule has 1 N–H and O–H groups in total. The Morgan fingerprint density at radius 1 is 0.864 bits per heavy atom. The third-order valence-electron chi connectivity index (χ3n) is 8.80. The molecule has 44 heavy (non-hydrogen) atoms. The maximum absolute atomic E-state index is 11.3. The van der Waals surface area contributed by atoms with E-state index in [9.17, 15) is 9.90 Å². The van der Waals surface area contributed by atoms with Crippen LogP contribution in [0.4, 0.5) is 0 Å². The molecule has 2 unspecified atom stereocenters. The highest BCUT2D eigenvalue weighted by Crippen LogP contribution is 2.37. The van der Waals surface area contributed by atoms with Crippen molar-refractivity contribution in [3.05, 3.63) is 136 Å². The highest BCUT2D eigenvalue weighted by Gasteiger charge is 2.27. The minimum Gasteiger partial charge on any atom is -0.492 e. The zero-order valence-electron chi connectivity index (χ0n) is 26.3. The fraction of sp³-hybridized carbons (Fsp3) is 0.359. The molecular formula is C39H45NO4. The summed E-state index contributed by atoms with van der Waals surface area (Å²) in [6, 6.07) is 32.8. The smallest absolute Gasteiger partial charge is 0.333 e. The molecule has 0 fully saturated rings. The number of aryl methyl sites for hydroxylation is 3. The van der Waals surface area contributed by atoms with Gasteiger partial charge in [-0.15, -0.1) is 0 Å². The van der Waals surface area contributed by atoms with Gasteiger partial charge in [0.2, 0.25) is 0 Å². The zero-order chi connectivity index (χ0) is 30.9. The van der Waals surface area contributed by atoms with E-state index in [1.807, 2.05) is 24.3 Å². The molecule has 0 aromatic heterocycles. The molecule has 5 nitrogen and oxygen atoms in total. The molecule has 2 atom stereocenters. The lowest BCUT2D eigenvalue weighted by molar-refractivity contribution is -0.148. The Kier molecular flexibility index (Phi) is 10.9. The lowest BCUT2D eigenvalue weighted by atomic mass is 9.90. The third kappa shape index (κ3) is 7.96. The summed E-state index contributed by atoms with van der Waals surface area (Å²) in [5.41, 5.74) is 10.7. The highest BCUT2D eigenvalue weighted by atomic mass is 16.5. The number of rotatable bonds is 14. The highest BCUT2D eigenvalue weighted by molar-refractivity contribution is 5.72. The predicted octanol–water partition coefficient (Wildman–Crippen LogP) is 7.46. The van der Waals surface area contributed by atoms with Gasteiger partial charge in [-0.2, -0.15) is 0 Å². The van der Waals surface area contributed by atoms with E-state index < -0.39 is 12.1 Å². The Hall–Kier alpha value is -3.93. The summed E-state index contributed by atoms with van der Waals surface area (Å²) >= 11 is 0. The van der Waals surface area contributed by atoms with Crippen molar-refractivity contribution in [2.24, 2.45) is 0 Å². The number of carboxylic acid groups (broad SMARTS) is 1. The van der Waals surface area contributed by atoms with Crippen molar-refractivity contribution in [2.45, 2.75) is 64.0 Å². The molecule has 5 rings (SSSR count). The molecule has 0 heterocycles. The van der Waals surface area contributed by atoms with Gasteiger partial charge in [0.1, 0.15) is 12.4 Å². The van der Waals surface area contributed by atoms with E-state index in [0.29, 0.717) is 13.0 Å². The number of unbranched alkanes of at least 4 members (excludes halogenated alkanes) is 1. The quantitative estimate of drug-likeness (QED) is 0.165. The summed E-state index contributed by atoms with van der Waals surface area (Å²) in [4.78, 5) is 13.7. The lowest BCUT2D eigenvalue weighted by Crippen LogP contribution is -2.30. The van der Waals surface area contributed by atoms with Crippen LogP contribution in [0, 0.1) is 0 Å². The fourth-order valence-corrected chi connectivity index (χ4v) is 6.32. The molecule has 0 amide bonds. The number of methoxy groups -OCH3 is 1. The van der Waals surface area contributed by atoms with Crippen LogP contribution < -0.4 is 4.74 Å². The number of benzene rings is 4. The Morgan fingerprint density at radius 3 is 2.14 bits per heavy atom. The van der Waals surface area contributed by atoms with E-state index in [4.69, 9.17) is 9.47 Å². The largest absolute Gasteiger partial charge is 0.492 e. The lowest BCUT2D eigenvalue weighted by Gasteiger charge is -2.31. The van der Waals surface area contributed by atoms with Crippen molar-refractivity contribution in [3.63, 3.8) is 0 Å². The van der Waals surface area contributed by atoms with Gasteiger partial charge in [-0.25, -0.2) is 4.79 Å². The molecule has 230 valence electrons. The Labute approximate surface area is 262 Å². The van der Waals surface area contributed by atoms with Crippen LogP contribution in [0.2, 0.25) is 0 Å². The topological polar surface area (TPSA) is 59.0 Å². The number of nitrogens with zero attached hydrogens (tertiary/aromatic N) is 1. The Morgan fingerprint density at radius 2 is 1.50 bits per heavy atom. The molecule has 0 saturated carbocycles. The van der Waals surface area contributed by atoms with Gasteiger partial charge in [-0.3, -0.25) is 4.90 Å². The number of carbonyl (C=O) groups is 1. The maximum Gasteiger partial charge on any atom is 0.333 e. The van der Waals surface area contributed by atoms with Crippen LogP contribution in [0.3, 0.4) is 0 Å². The number of fused-ring (bicyclic) bond motifs is 2. The molecule has 0 radical (unpaired) electrons. The molecule has 4 aromatic rings. The minimum atomic E-state index is -0.956. The number of carboxylic acids is 1. The average Bonchev–Trinajstić information content (AvgIpc) is 3.20. The Bertz CT molecular complexity index is 1520. The first-order valence-electron chi connectivity index (χ1n) is 15.9. The third-order valence-corrected chi connectivity index (χ3v) is 8.80. The van der Waals surface area contributed by atoms with Crippen LogP contribution in [0.1, 0.15) is 70.3 Å². The van der Waals surface area contributed by atoms with Crippen molar-refractivity contribution in [2.75, 3.05) is 27.3 Å². The van der Waals surface area contributed by atoms with Crippen LogP contribution in [-0.4, -0.2) is 49.4 Å². The van der Waals surface area contributed by atoms with Crippen LogP contribution in [0.25, 0.3) is 0 Å². The van der Waals surface area contributed by atoms with E-state index in [2.05, 4.69) is 85.6 Å². The predicted molar refractivity (Wildman–Crippen MR) is 177 cm³/mol. The fourth-order valence-electron chi connectivity index (χ4n) is 6.32. The van der Waals surface area contributed by atoms with Crippen molar-refractivity contribution < 1.29 is 19.4 Å². The van der Waals surface area contributed by atoms with Crippen molar-refractivity contribution in [1.82, 2.24) is 4.90 Å². The van der Waals surface area contributed by atoms with E-state index >= 15 is 0 Å². The second kappa shape index (κ2) is 15.2. The molecule has 0 aliphatic heterocycles. The van der Waals surface area contributed by atoms with Gasteiger partial charge >= 0.3 is 5.97 Å². The summed E-state index contributed by atoms with van der Waals surface area (Å²) in [6.07, 6.45) is 6.07. The normalized spacial score (nSPS) is 14.9. The van der Waals surface area contributed by atoms with Gasteiger partial charge < -0.3 is 14.6 Å². The standard InChI is InChI=1S/C39H45NO4/c1-4-5-9-29-14-20-35-32(25-29)16-17-33-26-31(24-28-10-7-6-8-11-28)15-21-36(33)38(35)40(2)22-23-44-34-18-12-30(13-19-34)27-37(43-3)39(41)42/h6-8,10-15,18-21,25-26,37-38H,4-5,9,16-17,22-24,27H2,1-3H3,(H,41,42). The molecule has 5 heteroatoms. The molecule has 0 bridgehead atoms. The number of aliphatic carboxylic acids is 1. The van der Waals surface area contributed by atoms with Crippen molar-refractivity contribution in [3.8, 4) is 5.75 Å². The van der Waals surface area contributed by atoms with E-state index in [0.717, 1.165) is 43.5 Å². The first-order valence-corrected chi connectivity index (χ1v) is 15.9. The van der Waals surface area contributed by atoms with E-state index in [1.54, 1.807) is 0 Å². The summed E-state index contributed by atoms with van der Waals surface area (Å²) in [5, 5.41) is 9.27. The number of hydrogen-bond acceptors (Lipinski definition) is 4. The summed E-state index contributed by atoms with van der Waals surface area (Å²) in [7, 11) is 3.63. The second-order valence-electron chi connectivity index (χ2n) is 12.0. The first kappa shape index (κ1) is 31.5. The first-order chi connectivity index (χ1) is 21.4. The van der Waals surface area contributed by atoms with Gasteiger partial charge in [-0.05, 0) is 95.8 Å². The molecular weight excluding hydrogens is 546 g/mol. The van der Waals surface area contributed by atoms with Crippen LogP contribution >= 0.6 is 0 Å². The van der Waals surface area contributed by atoms with Gasteiger partial charge in [0, 0.05) is 20.1 Å². The molecule has 0 spiro atoms. The summed E-state index contributed by atoms with van der Waals surface area (Å²) in [5.74, 6) is -0.179. The SMILES string of the molecule is CCCCc1ccc2c(c1)CCc1cc(Cc3ccccc3)ccc1C2N(C)CCOc1ccc(CC(OC)C(=O)O)cc1. The van der Waals surface area contributed by atoms with Crippen LogP contribution in [0.15, 0.2) is 91.0 Å². The number of likely N-dealkylation sites (N-methyl/N-ethyl adjacent to an activating group) is 1. The number of ether oxygens (including phenoxy) is 2. The molecule has 4 aromatic carbocycles.